The Kier molecular flexibility index (Phi) is 6.31. The van der Waals surface area contributed by atoms with Gasteiger partial charge in [0.25, 0.3) is 5.69 Å². The fourth-order valence-electron chi connectivity index (χ4n) is 2.17. The number of carbonyl (C=O) groups excluding carboxylic acids is 1. The van der Waals surface area contributed by atoms with Crippen molar-refractivity contribution < 1.29 is 14.1 Å². The fourth-order valence-corrected chi connectivity index (χ4v) is 2.88. The number of halogens is 1. The average molecular weight is 348 g/mol. The number of nitrogens with one attached hydrogen (secondary N) is 1. The molecule has 0 saturated carbocycles. The molecule has 2 rings (SSSR count). The average Bonchev–Trinajstić information content (AvgIpc) is 2.55. The fraction of sp³-hybridized carbons (Fsp3) is 0.235. The molecule has 0 spiro atoms. The Morgan fingerprint density at radius 3 is 2.54 bits per heavy atom. The van der Waals surface area contributed by atoms with Gasteiger partial charge in [-0.3, -0.25) is 14.9 Å². The lowest BCUT2D eigenvalue weighted by Crippen LogP contribution is -2.35. The zero-order valence-corrected chi connectivity index (χ0v) is 13.9. The van der Waals surface area contributed by atoms with Gasteiger partial charge in [-0.1, -0.05) is 18.2 Å². The molecule has 1 amide bonds. The van der Waals surface area contributed by atoms with Crippen molar-refractivity contribution >= 4 is 23.4 Å². The Morgan fingerprint density at radius 2 is 1.92 bits per heavy atom. The second-order valence-electron chi connectivity index (χ2n) is 5.30. The predicted molar refractivity (Wildman–Crippen MR) is 91.5 cm³/mol. The first-order valence-electron chi connectivity index (χ1n) is 7.35. The van der Waals surface area contributed by atoms with E-state index in [0.29, 0.717) is 12.0 Å². The lowest BCUT2D eigenvalue weighted by atomic mass is 10.1. The van der Waals surface area contributed by atoms with Crippen LogP contribution in [0.5, 0.6) is 0 Å². The molecule has 1 N–H and O–H groups in total. The number of rotatable bonds is 7. The smallest absolute Gasteiger partial charge is 0.269 e. The van der Waals surface area contributed by atoms with E-state index in [9.17, 15) is 19.3 Å². The van der Waals surface area contributed by atoms with Crippen molar-refractivity contribution in [2.24, 2.45) is 0 Å². The van der Waals surface area contributed by atoms with Crippen LogP contribution in [0.25, 0.3) is 0 Å². The number of nitro groups is 1. The molecule has 24 heavy (non-hydrogen) atoms. The Balaban J connectivity index is 1.80. The highest BCUT2D eigenvalue weighted by Crippen LogP contribution is 2.21. The van der Waals surface area contributed by atoms with Crippen molar-refractivity contribution in [3.8, 4) is 0 Å². The minimum absolute atomic E-state index is 0.0160. The Labute approximate surface area is 143 Å². The van der Waals surface area contributed by atoms with Gasteiger partial charge in [0.05, 0.1) is 10.7 Å². The predicted octanol–water partition coefficient (Wildman–Crippen LogP) is 3.57. The van der Waals surface area contributed by atoms with Crippen molar-refractivity contribution in [3.05, 3.63) is 70.0 Å². The molecule has 0 aliphatic carbocycles. The Bertz CT molecular complexity index is 722. The van der Waals surface area contributed by atoms with Crippen LogP contribution in [-0.2, 0) is 11.2 Å². The molecule has 126 valence electrons. The summed E-state index contributed by atoms with van der Waals surface area (Å²) in [6.45, 7) is 1.82. The first-order chi connectivity index (χ1) is 11.5. The van der Waals surface area contributed by atoms with Crippen molar-refractivity contribution in [2.45, 2.75) is 24.3 Å². The lowest BCUT2D eigenvalue weighted by molar-refractivity contribution is -0.384. The van der Waals surface area contributed by atoms with Crippen molar-refractivity contribution in [3.63, 3.8) is 0 Å². The van der Waals surface area contributed by atoms with E-state index in [1.807, 2.05) is 6.92 Å². The van der Waals surface area contributed by atoms with Crippen LogP contribution in [0.4, 0.5) is 10.1 Å². The van der Waals surface area contributed by atoms with E-state index in [4.69, 9.17) is 0 Å². The van der Waals surface area contributed by atoms with Gasteiger partial charge in [0, 0.05) is 23.1 Å². The third-order valence-electron chi connectivity index (χ3n) is 3.31. The molecule has 0 radical (unpaired) electrons. The second kappa shape index (κ2) is 8.44. The van der Waals surface area contributed by atoms with Crippen LogP contribution in [0.2, 0.25) is 0 Å². The maximum absolute atomic E-state index is 13.6. The number of amides is 1. The minimum atomic E-state index is -0.467. The summed E-state index contributed by atoms with van der Waals surface area (Å²) in [6, 6.07) is 12.3. The number of nitro benzene ring substituents is 1. The van der Waals surface area contributed by atoms with Gasteiger partial charge in [0.15, 0.2) is 0 Å². The molecule has 2 aromatic carbocycles. The molecular weight excluding hydrogens is 331 g/mol. The zero-order valence-electron chi connectivity index (χ0n) is 13.1. The quantitative estimate of drug-likeness (QED) is 0.472. The molecule has 0 heterocycles. The minimum Gasteiger partial charge on any atom is -0.353 e. The first kappa shape index (κ1) is 17.9. The van der Waals surface area contributed by atoms with E-state index in [-0.39, 0.29) is 29.2 Å². The summed E-state index contributed by atoms with van der Waals surface area (Å²) >= 11 is 1.29. The summed E-state index contributed by atoms with van der Waals surface area (Å²) in [4.78, 5) is 22.8. The SMILES string of the molecule is CC(Cc1ccccc1F)NC(=O)CSc1ccc([N+](=O)[O-])cc1. The van der Waals surface area contributed by atoms with Crippen LogP contribution in [0.3, 0.4) is 0 Å². The molecule has 0 aromatic heterocycles. The summed E-state index contributed by atoms with van der Waals surface area (Å²) in [5, 5.41) is 13.4. The van der Waals surface area contributed by atoms with Crippen LogP contribution >= 0.6 is 11.8 Å². The van der Waals surface area contributed by atoms with E-state index < -0.39 is 4.92 Å². The van der Waals surface area contributed by atoms with Gasteiger partial charge in [0.1, 0.15) is 5.82 Å². The van der Waals surface area contributed by atoms with Gasteiger partial charge in [-0.05, 0) is 37.1 Å². The summed E-state index contributed by atoms with van der Waals surface area (Å²) in [7, 11) is 0. The zero-order chi connectivity index (χ0) is 17.5. The van der Waals surface area contributed by atoms with Gasteiger partial charge in [-0.2, -0.15) is 0 Å². The summed E-state index contributed by atoms with van der Waals surface area (Å²) < 4.78 is 13.6. The normalized spacial score (nSPS) is 11.8. The number of carbonyl (C=O) groups is 1. The molecule has 5 nitrogen and oxygen atoms in total. The molecule has 1 atom stereocenters. The summed E-state index contributed by atoms with van der Waals surface area (Å²) in [6.07, 6.45) is 0.417. The third-order valence-corrected chi connectivity index (χ3v) is 4.32. The molecule has 1 unspecified atom stereocenters. The van der Waals surface area contributed by atoms with Crippen LogP contribution in [0.15, 0.2) is 53.4 Å². The van der Waals surface area contributed by atoms with Crippen molar-refractivity contribution in [1.29, 1.82) is 0 Å². The number of hydrogen-bond donors (Lipinski definition) is 1. The highest BCUT2D eigenvalue weighted by atomic mass is 32.2. The molecular formula is C17H17FN2O3S. The monoisotopic (exact) mass is 348 g/mol. The van der Waals surface area contributed by atoms with Gasteiger partial charge < -0.3 is 5.32 Å². The molecule has 0 saturated heterocycles. The standard InChI is InChI=1S/C17H17FN2O3S/c1-12(10-13-4-2-3-5-16(13)18)19-17(21)11-24-15-8-6-14(7-9-15)20(22)23/h2-9,12H,10-11H2,1H3,(H,19,21). The van der Waals surface area contributed by atoms with E-state index in [1.54, 1.807) is 30.3 Å². The Morgan fingerprint density at radius 1 is 1.25 bits per heavy atom. The van der Waals surface area contributed by atoms with Crippen LogP contribution in [-0.4, -0.2) is 22.6 Å². The van der Waals surface area contributed by atoms with Gasteiger partial charge in [0.2, 0.25) is 5.91 Å². The van der Waals surface area contributed by atoms with Crippen LogP contribution in [0, 0.1) is 15.9 Å². The molecule has 0 aliphatic rings. The molecule has 0 bridgehead atoms. The van der Waals surface area contributed by atoms with Crippen molar-refractivity contribution in [2.75, 3.05) is 5.75 Å². The van der Waals surface area contributed by atoms with Crippen molar-refractivity contribution in [1.82, 2.24) is 5.32 Å². The third kappa shape index (κ3) is 5.34. The van der Waals surface area contributed by atoms with E-state index in [2.05, 4.69) is 5.32 Å². The maximum atomic E-state index is 13.6. The molecule has 0 fully saturated rings. The first-order valence-corrected chi connectivity index (χ1v) is 8.34. The largest absolute Gasteiger partial charge is 0.353 e. The van der Waals surface area contributed by atoms with E-state index in [0.717, 1.165) is 4.90 Å². The van der Waals surface area contributed by atoms with E-state index >= 15 is 0 Å². The topological polar surface area (TPSA) is 72.2 Å². The molecule has 7 heteroatoms. The number of thioether (sulfide) groups is 1. The maximum Gasteiger partial charge on any atom is 0.269 e. The highest BCUT2D eigenvalue weighted by molar-refractivity contribution is 8.00. The molecule has 2 aromatic rings. The number of hydrogen-bond acceptors (Lipinski definition) is 4. The highest BCUT2D eigenvalue weighted by Gasteiger charge is 2.11. The van der Waals surface area contributed by atoms with Gasteiger partial charge in [-0.15, -0.1) is 11.8 Å². The number of benzene rings is 2. The molecule has 0 aliphatic heterocycles. The Hall–Kier alpha value is -2.41. The number of nitrogens with zero attached hydrogens (tertiary/aromatic N) is 1. The van der Waals surface area contributed by atoms with Crippen LogP contribution in [0.1, 0.15) is 12.5 Å². The van der Waals surface area contributed by atoms with Crippen LogP contribution < -0.4 is 5.32 Å². The second-order valence-corrected chi connectivity index (χ2v) is 6.35. The number of non-ortho nitro benzene ring substituents is 1. The van der Waals surface area contributed by atoms with E-state index in [1.165, 1.54) is 30.0 Å². The summed E-state index contributed by atoms with van der Waals surface area (Å²) in [5.74, 6) is -0.250. The lowest BCUT2D eigenvalue weighted by Gasteiger charge is -2.14. The van der Waals surface area contributed by atoms with Gasteiger partial charge in [-0.25, -0.2) is 4.39 Å². The summed E-state index contributed by atoms with van der Waals surface area (Å²) in [5.41, 5.74) is 0.579. The van der Waals surface area contributed by atoms with Gasteiger partial charge >= 0.3 is 0 Å².